The average molecular weight is 572 g/mol. The lowest BCUT2D eigenvalue weighted by Gasteiger charge is -2.30. The normalized spacial score (nSPS) is 16.6. The van der Waals surface area contributed by atoms with Crippen LogP contribution in [-0.4, -0.2) is 58.1 Å². The summed E-state index contributed by atoms with van der Waals surface area (Å²) in [5.74, 6) is 0.383. The van der Waals surface area contributed by atoms with Crippen LogP contribution in [0.1, 0.15) is 25.3 Å². The summed E-state index contributed by atoms with van der Waals surface area (Å²) < 4.78 is 61.4. The summed E-state index contributed by atoms with van der Waals surface area (Å²) in [5.41, 5.74) is 1.20. The van der Waals surface area contributed by atoms with Crippen molar-refractivity contribution in [1.29, 1.82) is 0 Å². The molecule has 1 N–H and O–H groups in total. The van der Waals surface area contributed by atoms with Gasteiger partial charge in [0.1, 0.15) is 5.75 Å². The lowest BCUT2D eigenvalue weighted by molar-refractivity contribution is -0.116. The molecule has 4 rings (SSSR count). The van der Waals surface area contributed by atoms with Gasteiger partial charge in [0.05, 0.1) is 23.4 Å². The molecular formula is C28H33N3O6S2. The molecule has 0 saturated carbocycles. The highest BCUT2D eigenvalue weighted by Crippen LogP contribution is 2.26. The quantitative estimate of drug-likeness (QED) is 0.394. The third kappa shape index (κ3) is 7.04. The van der Waals surface area contributed by atoms with Crippen LogP contribution in [0, 0.1) is 5.92 Å². The number of nitrogens with one attached hydrogen (secondary N) is 1. The summed E-state index contributed by atoms with van der Waals surface area (Å²) >= 11 is 0. The van der Waals surface area contributed by atoms with Crippen molar-refractivity contribution in [2.24, 2.45) is 5.92 Å². The standard InChI is InChI=1S/C28H33N3O6S2/c1-22-7-6-18-30(19-22)38(33,34)26-14-16-27(17-15-26)39(35,36)31(20-23-10-12-25(37-2)13-11-23)21-28(32)29-24-8-4-3-5-9-24/h3-5,8-17,22H,6-7,18-21H2,1-2H3,(H,29,32). The molecule has 0 aliphatic carbocycles. The lowest BCUT2D eigenvalue weighted by atomic mass is 10.0. The van der Waals surface area contributed by atoms with E-state index in [9.17, 15) is 21.6 Å². The Bertz CT molecular complexity index is 1480. The number of hydrogen-bond donors (Lipinski definition) is 1. The summed E-state index contributed by atoms with van der Waals surface area (Å²) in [6, 6.07) is 20.8. The molecule has 0 spiro atoms. The molecule has 1 saturated heterocycles. The van der Waals surface area contributed by atoms with E-state index in [-0.39, 0.29) is 22.3 Å². The zero-order chi connectivity index (χ0) is 28.0. The van der Waals surface area contributed by atoms with Gasteiger partial charge in [-0.2, -0.15) is 8.61 Å². The average Bonchev–Trinajstić information content (AvgIpc) is 2.93. The third-order valence-corrected chi connectivity index (χ3v) is 10.3. The molecule has 3 aromatic rings. The summed E-state index contributed by atoms with van der Waals surface area (Å²) in [5, 5.41) is 2.72. The van der Waals surface area contributed by atoms with Crippen LogP contribution in [0.3, 0.4) is 0 Å². The van der Waals surface area contributed by atoms with Crippen molar-refractivity contribution in [3.05, 3.63) is 84.4 Å². The number of rotatable bonds is 10. The smallest absolute Gasteiger partial charge is 0.243 e. The minimum absolute atomic E-state index is 0.0408. The first kappa shape index (κ1) is 28.8. The van der Waals surface area contributed by atoms with E-state index in [1.54, 1.807) is 48.5 Å². The van der Waals surface area contributed by atoms with E-state index in [1.807, 2.05) is 13.0 Å². The summed E-state index contributed by atoms with van der Waals surface area (Å²) in [4.78, 5) is 12.8. The zero-order valence-electron chi connectivity index (χ0n) is 22.0. The number of ether oxygens (including phenoxy) is 1. The van der Waals surface area contributed by atoms with Gasteiger partial charge in [-0.1, -0.05) is 37.3 Å². The molecule has 11 heteroatoms. The van der Waals surface area contributed by atoms with E-state index < -0.39 is 32.5 Å². The first-order chi connectivity index (χ1) is 18.6. The molecule has 0 radical (unpaired) electrons. The Hall–Kier alpha value is -3.25. The molecule has 1 amide bonds. The molecule has 1 aliphatic heterocycles. The van der Waals surface area contributed by atoms with Crippen LogP contribution in [0.2, 0.25) is 0 Å². The maximum absolute atomic E-state index is 13.7. The van der Waals surface area contributed by atoms with Crippen LogP contribution in [0.25, 0.3) is 0 Å². The number of nitrogens with zero attached hydrogens (tertiary/aromatic N) is 2. The van der Waals surface area contributed by atoms with Crippen LogP contribution in [0.15, 0.2) is 88.7 Å². The highest BCUT2D eigenvalue weighted by Gasteiger charge is 2.31. The van der Waals surface area contributed by atoms with Crippen LogP contribution < -0.4 is 10.1 Å². The molecular weight excluding hydrogens is 538 g/mol. The number of hydrogen-bond acceptors (Lipinski definition) is 6. The van der Waals surface area contributed by atoms with Gasteiger partial charge in [0.15, 0.2) is 0 Å². The van der Waals surface area contributed by atoms with Gasteiger partial charge < -0.3 is 10.1 Å². The van der Waals surface area contributed by atoms with Gasteiger partial charge in [-0.3, -0.25) is 4.79 Å². The molecule has 1 fully saturated rings. The fourth-order valence-corrected chi connectivity index (χ4v) is 7.47. The van der Waals surface area contributed by atoms with Crippen molar-refractivity contribution in [2.45, 2.75) is 36.1 Å². The van der Waals surface area contributed by atoms with Gasteiger partial charge in [-0.05, 0) is 72.9 Å². The van der Waals surface area contributed by atoms with Crippen LogP contribution >= 0.6 is 0 Å². The van der Waals surface area contributed by atoms with Gasteiger partial charge in [0, 0.05) is 25.3 Å². The minimum atomic E-state index is -4.17. The van der Waals surface area contributed by atoms with Crippen LogP contribution in [0.5, 0.6) is 5.75 Å². The first-order valence-electron chi connectivity index (χ1n) is 12.7. The zero-order valence-corrected chi connectivity index (χ0v) is 23.6. The summed E-state index contributed by atoms with van der Waals surface area (Å²) in [6.45, 7) is 2.39. The van der Waals surface area contributed by atoms with Crippen molar-refractivity contribution in [1.82, 2.24) is 8.61 Å². The molecule has 1 aliphatic rings. The largest absolute Gasteiger partial charge is 0.497 e. The highest BCUT2D eigenvalue weighted by atomic mass is 32.2. The fourth-order valence-electron chi connectivity index (χ4n) is 4.49. The van der Waals surface area contributed by atoms with Gasteiger partial charge in [0.25, 0.3) is 0 Å². The fraction of sp³-hybridized carbons (Fsp3) is 0.321. The second-order valence-electron chi connectivity index (χ2n) is 9.62. The molecule has 39 heavy (non-hydrogen) atoms. The number of carbonyl (C=O) groups is 1. The Morgan fingerprint density at radius 1 is 0.949 bits per heavy atom. The Morgan fingerprint density at radius 3 is 2.21 bits per heavy atom. The lowest BCUT2D eigenvalue weighted by Crippen LogP contribution is -2.39. The predicted octanol–water partition coefficient (Wildman–Crippen LogP) is 3.95. The molecule has 0 bridgehead atoms. The number of anilines is 1. The molecule has 9 nitrogen and oxygen atoms in total. The number of amides is 1. The van der Waals surface area contributed by atoms with Gasteiger partial charge >= 0.3 is 0 Å². The maximum Gasteiger partial charge on any atom is 0.243 e. The molecule has 0 aromatic heterocycles. The Morgan fingerprint density at radius 2 is 1.59 bits per heavy atom. The molecule has 1 unspecified atom stereocenters. The number of piperidine rings is 1. The van der Waals surface area contributed by atoms with Crippen molar-refractivity contribution in [2.75, 3.05) is 32.1 Å². The van der Waals surface area contributed by atoms with Crippen molar-refractivity contribution >= 4 is 31.6 Å². The van der Waals surface area contributed by atoms with Crippen molar-refractivity contribution < 1.29 is 26.4 Å². The van der Waals surface area contributed by atoms with Gasteiger partial charge in [-0.25, -0.2) is 16.8 Å². The molecule has 1 heterocycles. The number of para-hydroxylation sites is 1. The van der Waals surface area contributed by atoms with Crippen molar-refractivity contribution in [3.8, 4) is 5.75 Å². The summed E-state index contributed by atoms with van der Waals surface area (Å²) in [7, 11) is -6.37. The molecule has 1 atom stereocenters. The Labute approximate surface area is 230 Å². The van der Waals surface area contributed by atoms with E-state index in [4.69, 9.17) is 4.74 Å². The van der Waals surface area contributed by atoms with Gasteiger partial charge in [0.2, 0.25) is 26.0 Å². The number of benzene rings is 3. The van der Waals surface area contributed by atoms with Crippen LogP contribution in [-0.2, 0) is 31.4 Å². The van der Waals surface area contributed by atoms with Crippen molar-refractivity contribution in [3.63, 3.8) is 0 Å². The minimum Gasteiger partial charge on any atom is -0.497 e. The van der Waals surface area contributed by atoms with Crippen LogP contribution in [0.4, 0.5) is 5.69 Å². The van der Waals surface area contributed by atoms with E-state index >= 15 is 0 Å². The SMILES string of the molecule is COc1ccc(CN(CC(=O)Nc2ccccc2)S(=O)(=O)c2ccc(S(=O)(=O)N3CCCC(C)C3)cc2)cc1. The number of carbonyl (C=O) groups excluding carboxylic acids is 1. The highest BCUT2D eigenvalue weighted by molar-refractivity contribution is 7.89. The number of sulfonamides is 2. The predicted molar refractivity (Wildman–Crippen MR) is 149 cm³/mol. The molecule has 208 valence electrons. The second kappa shape index (κ2) is 12.3. The number of methoxy groups -OCH3 is 1. The Kier molecular flexibility index (Phi) is 9.06. The first-order valence-corrected chi connectivity index (χ1v) is 15.6. The van der Waals surface area contributed by atoms with E-state index in [0.29, 0.717) is 30.1 Å². The topological polar surface area (TPSA) is 113 Å². The summed E-state index contributed by atoms with van der Waals surface area (Å²) in [6.07, 6.45) is 1.77. The maximum atomic E-state index is 13.7. The van der Waals surface area contributed by atoms with Gasteiger partial charge in [-0.15, -0.1) is 0 Å². The van der Waals surface area contributed by atoms with E-state index in [2.05, 4.69) is 5.32 Å². The monoisotopic (exact) mass is 571 g/mol. The molecule has 3 aromatic carbocycles. The second-order valence-corrected chi connectivity index (χ2v) is 13.5. The van der Waals surface area contributed by atoms with E-state index in [1.165, 1.54) is 35.7 Å². The Balaban J connectivity index is 1.59. The van der Waals surface area contributed by atoms with E-state index in [0.717, 1.165) is 17.1 Å². The third-order valence-electron chi connectivity index (χ3n) is 6.61.